The summed E-state index contributed by atoms with van der Waals surface area (Å²) in [4.78, 5) is 0. The molecule has 0 N–H and O–H groups in total. The second kappa shape index (κ2) is 13.7. The summed E-state index contributed by atoms with van der Waals surface area (Å²) in [5.41, 5.74) is 9.04. The molecule has 0 fully saturated rings. The van der Waals surface area contributed by atoms with Gasteiger partial charge in [-0.25, -0.2) is 0 Å². The van der Waals surface area contributed by atoms with Crippen molar-refractivity contribution < 1.29 is 0 Å². The lowest BCUT2D eigenvalue weighted by Gasteiger charge is -2.18. The first-order chi connectivity index (χ1) is 18.1. The van der Waals surface area contributed by atoms with Crippen LogP contribution in [0.25, 0.3) is 38.6 Å². The summed E-state index contributed by atoms with van der Waals surface area (Å²) in [6.07, 6.45) is 19.6. The Hall–Kier alpha value is -4.36. The SMILES string of the molecule is C=C/C=C\C(=C/[B]C)c1cc2cc(/C(C=C)=C/C=C)c(-c3ccccc3)cc2cc1C(/C=C\C=C)=C/C. The van der Waals surface area contributed by atoms with Crippen LogP contribution in [0.5, 0.6) is 0 Å². The van der Waals surface area contributed by atoms with Crippen molar-refractivity contribution in [1.82, 2.24) is 0 Å². The molecule has 1 radical (unpaired) electrons. The van der Waals surface area contributed by atoms with E-state index in [-0.39, 0.29) is 0 Å². The number of rotatable bonds is 11. The summed E-state index contributed by atoms with van der Waals surface area (Å²) in [5, 5.41) is 2.32. The van der Waals surface area contributed by atoms with Crippen LogP contribution >= 0.6 is 0 Å². The zero-order valence-corrected chi connectivity index (χ0v) is 22.0. The first-order valence-corrected chi connectivity index (χ1v) is 12.5. The molecule has 181 valence electrons. The Bertz CT molecular complexity index is 1450. The summed E-state index contributed by atoms with van der Waals surface area (Å²) in [6.45, 7) is 19.8. The molecule has 0 aliphatic rings. The molecule has 0 spiro atoms. The van der Waals surface area contributed by atoms with Crippen LogP contribution in [0.15, 0.2) is 148 Å². The summed E-state index contributed by atoms with van der Waals surface area (Å²) in [6, 6.07) is 19.6. The second-order valence-electron chi connectivity index (χ2n) is 8.46. The highest BCUT2D eigenvalue weighted by Gasteiger charge is 2.15. The molecule has 0 bridgehead atoms. The molecule has 0 aromatic heterocycles. The summed E-state index contributed by atoms with van der Waals surface area (Å²) in [5.74, 6) is 2.14. The molecule has 0 saturated heterocycles. The maximum Gasteiger partial charge on any atom is 0.138 e. The van der Waals surface area contributed by atoms with Crippen molar-refractivity contribution in [1.29, 1.82) is 0 Å². The van der Waals surface area contributed by atoms with Gasteiger partial charge in [0.05, 0.1) is 0 Å². The smallest absolute Gasteiger partial charge is 0.115 e. The second-order valence-corrected chi connectivity index (χ2v) is 8.46. The van der Waals surface area contributed by atoms with Gasteiger partial charge in [-0.2, -0.15) is 0 Å². The van der Waals surface area contributed by atoms with Crippen molar-refractivity contribution in [2.45, 2.75) is 13.7 Å². The molecule has 3 aromatic rings. The van der Waals surface area contributed by atoms with E-state index in [9.17, 15) is 0 Å². The van der Waals surface area contributed by atoms with Gasteiger partial charge in [0.25, 0.3) is 0 Å². The van der Waals surface area contributed by atoms with Crippen molar-refractivity contribution >= 4 is 34.8 Å². The number of fused-ring (bicyclic) bond motifs is 1. The van der Waals surface area contributed by atoms with Crippen LogP contribution in [-0.4, -0.2) is 7.28 Å². The third kappa shape index (κ3) is 6.45. The van der Waals surface area contributed by atoms with Gasteiger partial charge in [-0.15, -0.1) is 5.98 Å². The van der Waals surface area contributed by atoms with E-state index in [0.717, 1.165) is 49.9 Å². The van der Waals surface area contributed by atoms with Crippen LogP contribution in [-0.2, 0) is 0 Å². The fourth-order valence-electron chi connectivity index (χ4n) is 4.42. The van der Waals surface area contributed by atoms with E-state index in [1.807, 2.05) is 43.3 Å². The minimum absolute atomic E-state index is 1.04. The van der Waals surface area contributed by atoms with Gasteiger partial charge >= 0.3 is 0 Å². The molecule has 1 heteroatoms. The highest BCUT2D eigenvalue weighted by atomic mass is 14.2. The molecule has 0 unspecified atom stereocenters. The zero-order chi connectivity index (χ0) is 26.6. The third-order valence-corrected chi connectivity index (χ3v) is 6.13. The lowest BCUT2D eigenvalue weighted by Crippen LogP contribution is -1.96. The van der Waals surface area contributed by atoms with E-state index in [1.54, 1.807) is 12.2 Å². The Labute approximate surface area is 223 Å². The van der Waals surface area contributed by atoms with Crippen molar-refractivity contribution in [3.05, 3.63) is 164 Å². The van der Waals surface area contributed by atoms with Crippen molar-refractivity contribution in [2.24, 2.45) is 0 Å². The van der Waals surface area contributed by atoms with Crippen LogP contribution < -0.4 is 0 Å². The van der Waals surface area contributed by atoms with Crippen molar-refractivity contribution in [3.63, 3.8) is 0 Å². The van der Waals surface area contributed by atoms with Crippen molar-refractivity contribution in [2.75, 3.05) is 0 Å². The van der Waals surface area contributed by atoms with Crippen LogP contribution in [0.3, 0.4) is 0 Å². The molecule has 0 nitrogen and oxygen atoms in total. The quantitative estimate of drug-likeness (QED) is 0.190. The molecule has 3 aromatic carbocycles. The first-order valence-electron chi connectivity index (χ1n) is 12.5. The molecule has 37 heavy (non-hydrogen) atoms. The van der Waals surface area contributed by atoms with Gasteiger partial charge in [0.2, 0.25) is 0 Å². The minimum atomic E-state index is 1.04. The maximum absolute atomic E-state index is 4.08. The predicted molar refractivity (Wildman–Crippen MR) is 170 cm³/mol. The van der Waals surface area contributed by atoms with E-state index in [2.05, 4.69) is 113 Å². The predicted octanol–water partition coefficient (Wildman–Crippen LogP) is 10.2. The van der Waals surface area contributed by atoms with Gasteiger partial charge in [-0.3, -0.25) is 0 Å². The maximum atomic E-state index is 4.08. The van der Waals surface area contributed by atoms with Crippen LogP contribution in [0.4, 0.5) is 0 Å². The average molecular weight is 477 g/mol. The molecule has 0 aliphatic carbocycles. The Morgan fingerprint density at radius 3 is 1.86 bits per heavy atom. The Morgan fingerprint density at radius 2 is 1.30 bits per heavy atom. The van der Waals surface area contributed by atoms with Crippen molar-refractivity contribution in [3.8, 4) is 11.1 Å². The molecular weight excluding hydrogens is 443 g/mol. The third-order valence-electron chi connectivity index (χ3n) is 6.13. The van der Waals surface area contributed by atoms with E-state index in [1.165, 1.54) is 5.39 Å². The summed E-state index contributed by atoms with van der Waals surface area (Å²) < 4.78 is 0. The van der Waals surface area contributed by atoms with Gasteiger partial charge in [0.15, 0.2) is 0 Å². The number of benzene rings is 3. The van der Waals surface area contributed by atoms with E-state index in [0.29, 0.717) is 0 Å². The van der Waals surface area contributed by atoms with E-state index >= 15 is 0 Å². The Morgan fingerprint density at radius 1 is 0.703 bits per heavy atom. The van der Waals surface area contributed by atoms with Crippen LogP contribution in [0.1, 0.15) is 23.6 Å². The first kappa shape index (κ1) is 27.2. The molecule has 0 heterocycles. The molecule has 3 rings (SSSR count). The summed E-state index contributed by atoms with van der Waals surface area (Å²) >= 11 is 0. The number of hydrogen-bond donors (Lipinski definition) is 0. The normalized spacial score (nSPS) is 12.8. The Kier molecular flexibility index (Phi) is 10.1. The van der Waals surface area contributed by atoms with E-state index in [4.69, 9.17) is 0 Å². The lowest BCUT2D eigenvalue weighted by atomic mass is 9.77. The van der Waals surface area contributed by atoms with Gasteiger partial charge in [-0.1, -0.05) is 124 Å². The molecular formula is C36H34B. The highest BCUT2D eigenvalue weighted by Crippen LogP contribution is 2.37. The zero-order valence-electron chi connectivity index (χ0n) is 22.0. The van der Waals surface area contributed by atoms with Gasteiger partial charge < -0.3 is 0 Å². The van der Waals surface area contributed by atoms with E-state index < -0.39 is 0 Å². The standard InChI is InChI=1S/C36H34B/c1-7-12-18-28(11-5)34-23-31-24-35(29-20-15-14-16-21-29)33(27(10-4)17-9-3)22-32(31)25-36(34)30(26-37-6)19-13-8-2/h7-26H,1-4H2,5-6H3/b18-12-,19-13-,27-17+,28-11+,30-26+. The highest BCUT2D eigenvalue weighted by molar-refractivity contribution is 6.42. The monoisotopic (exact) mass is 477 g/mol. The fraction of sp³-hybridized carbons (Fsp3) is 0.0556. The topological polar surface area (TPSA) is 0 Å². The number of hydrogen-bond acceptors (Lipinski definition) is 0. The largest absolute Gasteiger partial charge is 0.138 e. The average Bonchev–Trinajstić information content (AvgIpc) is 2.94. The molecule has 0 amide bonds. The van der Waals surface area contributed by atoms with Gasteiger partial charge in [0, 0.05) is 0 Å². The van der Waals surface area contributed by atoms with Gasteiger partial charge in [-0.05, 0) is 86.5 Å². The number of allylic oxidation sites excluding steroid dienone is 13. The molecule has 0 saturated carbocycles. The summed E-state index contributed by atoms with van der Waals surface area (Å²) in [7, 11) is 2.07. The van der Waals surface area contributed by atoms with Gasteiger partial charge in [0.1, 0.15) is 7.28 Å². The molecule has 0 aliphatic heterocycles. The molecule has 0 atom stereocenters. The fourth-order valence-corrected chi connectivity index (χ4v) is 4.42. The van der Waals surface area contributed by atoms with Crippen LogP contribution in [0.2, 0.25) is 6.82 Å². The van der Waals surface area contributed by atoms with Crippen LogP contribution in [0, 0.1) is 0 Å². The minimum Gasteiger partial charge on any atom is -0.115 e. The lowest BCUT2D eigenvalue weighted by molar-refractivity contribution is 1.55. The Balaban J connectivity index is 2.47.